The van der Waals surface area contributed by atoms with E-state index in [0.29, 0.717) is 29.6 Å². The molecule has 1 fully saturated rings. The Labute approximate surface area is 167 Å². The molecular weight excluding hydrogens is 394 g/mol. The Hall–Kier alpha value is -2.98. The Morgan fingerprint density at radius 2 is 1.90 bits per heavy atom. The molecule has 9 nitrogen and oxygen atoms in total. The molecule has 10 heteroatoms. The highest BCUT2D eigenvalue weighted by atomic mass is 32.2. The van der Waals surface area contributed by atoms with Gasteiger partial charge in [-0.1, -0.05) is 18.2 Å². The van der Waals surface area contributed by atoms with Gasteiger partial charge in [-0.2, -0.15) is 4.31 Å². The number of carbonyl (C=O) groups excluding carboxylic acids is 2. The minimum atomic E-state index is -3.70. The van der Waals surface area contributed by atoms with Crippen LogP contribution in [0.15, 0.2) is 41.8 Å². The number of ketones is 1. The predicted octanol–water partition coefficient (Wildman–Crippen LogP) is 1.31. The molecule has 0 spiro atoms. The number of fused-ring (bicyclic) bond motifs is 1. The van der Waals surface area contributed by atoms with Crippen LogP contribution in [-0.2, 0) is 14.8 Å². The zero-order valence-electron chi connectivity index (χ0n) is 15.9. The Morgan fingerprint density at radius 1 is 1.10 bits per heavy atom. The molecule has 29 heavy (non-hydrogen) atoms. The number of sulfonamides is 1. The van der Waals surface area contributed by atoms with Gasteiger partial charge in [-0.15, -0.1) is 0 Å². The minimum absolute atomic E-state index is 0.0165. The highest BCUT2D eigenvalue weighted by molar-refractivity contribution is 7.89. The van der Waals surface area contributed by atoms with Gasteiger partial charge in [-0.05, 0) is 19.4 Å². The molecule has 0 radical (unpaired) electrons. The van der Waals surface area contributed by atoms with E-state index in [1.165, 1.54) is 21.7 Å². The Morgan fingerprint density at radius 3 is 2.66 bits per heavy atom. The van der Waals surface area contributed by atoms with Crippen LogP contribution < -0.4 is 0 Å². The average molecular weight is 415 g/mol. The van der Waals surface area contributed by atoms with Gasteiger partial charge in [0, 0.05) is 42.8 Å². The summed E-state index contributed by atoms with van der Waals surface area (Å²) in [6, 6.07) is 7.34. The molecule has 0 unspecified atom stereocenters. The smallest absolute Gasteiger partial charge is 0.295 e. The van der Waals surface area contributed by atoms with E-state index in [1.54, 1.807) is 13.0 Å². The molecule has 0 atom stereocenters. The fourth-order valence-electron chi connectivity index (χ4n) is 3.68. The van der Waals surface area contributed by atoms with Crippen molar-refractivity contribution in [2.75, 3.05) is 26.2 Å². The van der Waals surface area contributed by atoms with Crippen molar-refractivity contribution >= 4 is 32.6 Å². The number of Topliss-reactive ketones (excluding diaryl/α,β-unsaturated/α-hetero) is 1. The van der Waals surface area contributed by atoms with Crippen molar-refractivity contribution in [3.8, 4) is 0 Å². The number of benzene rings is 1. The topological polar surface area (TPSA) is 119 Å². The molecule has 4 rings (SSSR count). The second-order valence-corrected chi connectivity index (χ2v) is 8.87. The molecule has 1 aromatic carbocycles. The van der Waals surface area contributed by atoms with Gasteiger partial charge in [0.2, 0.25) is 0 Å². The Kier molecular flexibility index (Phi) is 4.97. The monoisotopic (exact) mass is 415 g/mol. The molecule has 2 aromatic heterocycles. The van der Waals surface area contributed by atoms with Gasteiger partial charge in [0.25, 0.3) is 21.7 Å². The molecule has 1 amide bonds. The number of H-pyrrole nitrogens is 2. The van der Waals surface area contributed by atoms with Crippen molar-refractivity contribution in [3.05, 3.63) is 48.0 Å². The van der Waals surface area contributed by atoms with Gasteiger partial charge in [0.15, 0.2) is 5.03 Å². The van der Waals surface area contributed by atoms with E-state index in [4.69, 9.17) is 0 Å². The van der Waals surface area contributed by atoms with Crippen molar-refractivity contribution < 1.29 is 18.0 Å². The van der Waals surface area contributed by atoms with Crippen molar-refractivity contribution in [3.63, 3.8) is 0 Å². The van der Waals surface area contributed by atoms with Crippen LogP contribution in [-0.4, -0.2) is 70.4 Å². The largest absolute Gasteiger partial charge is 0.358 e. The lowest BCUT2D eigenvalue weighted by Crippen LogP contribution is -2.40. The van der Waals surface area contributed by atoms with Crippen molar-refractivity contribution in [1.29, 1.82) is 0 Å². The van der Waals surface area contributed by atoms with Crippen LogP contribution in [0.1, 0.15) is 22.5 Å². The first kappa shape index (κ1) is 19.3. The van der Waals surface area contributed by atoms with Gasteiger partial charge in [-0.3, -0.25) is 9.59 Å². The summed E-state index contributed by atoms with van der Waals surface area (Å²) in [6.07, 6.45) is 3.01. The maximum Gasteiger partial charge on any atom is 0.295 e. The second kappa shape index (κ2) is 7.45. The third kappa shape index (κ3) is 3.45. The number of hydrogen-bond donors (Lipinski definition) is 2. The molecule has 1 aliphatic rings. The van der Waals surface area contributed by atoms with Crippen LogP contribution >= 0.6 is 0 Å². The number of amides is 1. The maximum atomic E-state index is 13.0. The van der Waals surface area contributed by atoms with Gasteiger partial charge >= 0.3 is 0 Å². The maximum absolute atomic E-state index is 13.0. The summed E-state index contributed by atoms with van der Waals surface area (Å²) in [4.78, 5) is 36.8. The number of rotatable bonds is 4. The van der Waals surface area contributed by atoms with E-state index in [0.717, 1.165) is 5.52 Å². The van der Waals surface area contributed by atoms with Gasteiger partial charge < -0.3 is 14.9 Å². The second-order valence-electron chi connectivity index (χ2n) is 6.97. The molecular formula is C19H21N5O4S. The number of aryl methyl sites for hydroxylation is 1. The minimum Gasteiger partial charge on any atom is -0.358 e. The summed E-state index contributed by atoms with van der Waals surface area (Å²) < 4.78 is 26.7. The van der Waals surface area contributed by atoms with E-state index in [2.05, 4.69) is 15.0 Å². The lowest BCUT2D eigenvalue weighted by Gasteiger charge is -2.21. The number of imidazole rings is 1. The molecule has 3 heterocycles. The SMILES string of the molecule is Cc1[nH]c2ccccc2c1C(=O)C(=O)N1CCCN(S(=O)(=O)c2cnc[nH]2)CC1. The molecule has 1 aliphatic heterocycles. The van der Waals surface area contributed by atoms with Crippen LogP contribution in [0.5, 0.6) is 0 Å². The summed E-state index contributed by atoms with van der Waals surface area (Å²) in [7, 11) is -3.70. The Bertz CT molecular complexity index is 1170. The predicted molar refractivity (Wildman–Crippen MR) is 106 cm³/mol. The highest BCUT2D eigenvalue weighted by Gasteiger charge is 2.32. The lowest BCUT2D eigenvalue weighted by atomic mass is 10.1. The standard InChI is InChI=1S/C19H21N5O4S/c1-13-17(14-5-2-3-6-15(14)22-13)18(25)19(26)23-7-4-8-24(10-9-23)29(27,28)16-11-20-12-21-16/h2-3,5-6,11-12,22H,4,7-10H2,1H3,(H,20,21). The summed E-state index contributed by atoms with van der Waals surface area (Å²) in [5.41, 5.74) is 1.81. The van der Waals surface area contributed by atoms with Crippen molar-refractivity contribution in [1.82, 2.24) is 24.2 Å². The highest BCUT2D eigenvalue weighted by Crippen LogP contribution is 2.23. The van der Waals surface area contributed by atoms with Gasteiger partial charge in [0.1, 0.15) is 0 Å². The number of nitrogens with one attached hydrogen (secondary N) is 2. The number of hydrogen-bond acceptors (Lipinski definition) is 5. The third-order valence-electron chi connectivity index (χ3n) is 5.15. The zero-order valence-corrected chi connectivity index (χ0v) is 16.7. The van der Waals surface area contributed by atoms with Crippen LogP contribution in [0.2, 0.25) is 0 Å². The van der Waals surface area contributed by atoms with Crippen LogP contribution in [0.3, 0.4) is 0 Å². The van der Waals surface area contributed by atoms with E-state index in [1.807, 2.05) is 18.2 Å². The third-order valence-corrected chi connectivity index (χ3v) is 6.97. The van der Waals surface area contributed by atoms with Crippen LogP contribution in [0, 0.1) is 6.92 Å². The first-order valence-corrected chi connectivity index (χ1v) is 10.7. The average Bonchev–Trinajstić information content (AvgIpc) is 3.28. The van der Waals surface area contributed by atoms with Crippen LogP contribution in [0.4, 0.5) is 0 Å². The quantitative estimate of drug-likeness (QED) is 0.492. The first-order chi connectivity index (χ1) is 13.9. The molecule has 0 saturated carbocycles. The summed E-state index contributed by atoms with van der Waals surface area (Å²) in [5, 5.41) is 0.726. The van der Waals surface area contributed by atoms with Gasteiger partial charge in [-0.25, -0.2) is 13.4 Å². The normalized spacial score (nSPS) is 16.1. The number of para-hydroxylation sites is 1. The molecule has 152 valence electrons. The molecule has 0 bridgehead atoms. The van der Waals surface area contributed by atoms with E-state index in [9.17, 15) is 18.0 Å². The number of carbonyl (C=O) groups is 2. The van der Waals surface area contributed by atoms with E-state index < -0.39 is 21.7 Å². The van der Waals surface area contributed by atoms with E-state index >= 15 is 0 Å². The molecule has 0 aliphatic carbocycles. The molecule has 3 aromatic rings. The Balaban J connectivity index is 1.53. The molecule has 2 N–H and O–H groups in total. The lowest BCUT2D eigenvalue weighted by molar-refractivity contribution is -0.126. The van der Waals surface area contributed by atoms with Gasteiger partial charge in [0.05, 0.1) is 18.1 Å². The summed E-state index contributed by atoms with van der Waals surface area (Å²) in [6.45, 7) is 2.63. The number of nitrogens with zero attached hydrogens (tertiary/aromatic N) is 3. The van der Waals surface area contributed by atoms with E-state index in [-0.39, 0.29) is 24.7 Å². The summed E-state index contributed by atoms with van der Waals surface area (Å²) >= 11 is 0. The fraction of sp³-hybridized carbons (Fsp3) is 0.316. The molecule has 1 saturated heterocycles. The van der Waals surface area contributed by atoms with Crippen LogP contribution in [0.25, 0.3) is 10.9 Å². The number of aromatic nitrogens is 3. The summed E-state index contributed by atoms with van der Waals surface area (Å²) in [5.74, 6) is -1.19. The zero-order chi connectivity index (χ0) is 20.6. The number of aromatic amines is 2. The fourth-order valence-corrected chi connectivity index (χ4v) is 5.05. The van der Waals surface area contributed by atoms with Crippen molar-refractivity contribution in [2.45, 2.75) is 18.4 Å². The van der Waals surface area contributed by atoms with Crippen molar-refractivity contribution in [2.24, 2.45) is 0 Å². The first-order valence-electron chi connectivity index (χ1n) is 9.29.